The molecule has 0 fully saturated rings. The van der Waals surface area contributed by atoms with Gasteiger partial charge in [-0.15, -0.1) is 0 Å². The highest BCUT2D eigenvalue weighted by Crippen LogP contribution is 2.23. The van der Waals surface area contributed by atoms with Gasteiger partial charge in [-0.05, 0) is 49.8 Å². The number of benzene rings is 2. The molecular formula is C27H31N4O2+. The molecule has 1 aromatic heterocycles. The van der Waals surface area contributed by atoms with Gasteiger partial charge in [-0.25, -0.2) is 9.13 Å². The van der Waals surface area contributed by atoms with Crippen molar-refractivity contribution in [3.05, 3.63) is 78.2 Å². The Morgan fingerprint density at radius 1 is 1.12 bits per heavy atom. The molecule has 0 radical (unpaired) electrons. The van der Waals surface area contributed by atoms with Crippen molar-refractivity contribution in [2.24, 2.45) is 14.1 Å². The highest BCUT2D eigenvalue weighted by atomic mass is 16.6. The van der Waals surface area contributed by atoms with Gasteiger partial charge < -0.3 is 14.7 Å². The van der Waals surface area contributed by atoms with E-state index >= 15 is 0 Å². The fraction of sp³-hybridized carbons (Fsp3) is 0.259. The normalized spacial score (nSPS) is 12.1. The van der Waals surface area contributed by atoms with E-state index in [1.54, 1.807) is 6.07 Å². The maximum atomic E-state index is 9.78. The van der Waals surface area contributed by atoms with Crippen LogP contribution in [-0.2, 0) is 14.1 Å². The molecule has 0 saturated heterocycles. The van der Waals surface area contributed by atoms with E-state index < -0.39 is 0 Å². The van der Waals surface area contributed by atoms with E-state index in [1.807, 2.05) is 65.7 Å². The van der Waals surface area contributed by atoms with Crippen LogP contribution in [0.3, 0.4) is 0 Å². The molecule has 0 aliphatic carbocycles. The molecule has 33 heavy (non-hydrogen) atoms. The second-order valence-corrected chi connectivity index (χ2v) is 7.57. The van der Waals surface area contributed by atoms with E-state index in [0.29, 0.717) is 11.3 Å². The van der Waals surface area contributed by atoms with Gasteiger partial charge in [0.25, 0.3) is 5.82 Å². The van der Waals surface area contributed by atoms with Crippen LogP contribution in [0.25, 0.3) is 22.7 Å². The van der Waals surface area contributed by atoms with Crippen molar-refractivity contribution in [2.75, 3.05) is 24.8 Å². The largest absolute Gasteiger partial charge is 0.468 e. The van der Waals surface area contributed by atoms with E-state index in [0.717, 1.165) is 35.5 Å². The number of aliphatic hydroxyl groups excluding tert-OH is 1. The average molecular weight is 444 g/mol. The molecule has 0 saturated carbocycles. The number of anilines is 1. The molecule has 1 heterocycles. The topological polar surface area (TPSA) is 65.3 Å². The predicted octanol–water partition coefficient (Wildman–Crippen LogP) is 4.35. The first-order valence-electron chi connectivity index (χ1n) is 11.1. The summed E-state index contributed by atoms with van der Waals surface area (Å²) in [5.74, 6) is 1.37. The fourth-order valence-electron chi connectivity index (χ4n) is 3.96. The Bertz CT molecular complexity index is 1220. The summed E-state index contributed by atoms with van der Waals surface area (Å²) in [6.07, 6.45) is 9.62. The predicted molar refractivity (Wildman–Crippen MR) is 134 cm³/mol. The third-order valence-corrected chi connectivity index (χ3v) is 5.69. The minimum absolute atomic E-state index is 0.378. The second kappa shape index (κ2) is 11.2. The SMILES string of the molecule is CCN(CC)c1ccc(C=CC=CC=C(C#N)c2n(C)c3cc(OCO)ccc3[n+]2C)cc1. The number of aromatic nitrogens is 2. The molecule has 0 unspecified atom stereocenters. The number of aliphatic hydroxyl groups is 1. The lowest BCUT2D eigenvalue weighted by atomic mass is 10.1. The number of allylic oxidation sites excluding steroid dienone is 5. The summed E-state index contributed by atoms with van der Waals surface area (Å²) >= 11 is 0. The Hall–Kier alpha value is -3.82. The summed E-state index contributed by atoms with van der Waals surface area (Å²) < 4.78 is 9.13. The molecule has 6 heteroatoms. The Kier molecular flexibility index (Phi) is 8.06. The number of ether oxygens (including phenoxy) is 1. The van der Waals surface area contributed by atoms with Crippen LogP contribution in [0, 0.1) is 11.3 Å². The van der Waals surface area contributed by atoms with Crippen molar-refractivity contribution >= 4 is 28.4 Å². The maximum Gasteiger partial charge on any atom is 0.300 e. The summed E-state index contributed by atoms with van der Waals surface area (Å²) in [7, 11) is 3.85. The molecule has 0 spiro atoms. The van der Waals surface area contributed by atoms with Crippen LogP contribution in [0.2, 0.25) is 0 Å². The molecule has 6 nitrogen and oxygen atoms in total. The Morgan fingerprint density at radius 2 is 1.85 bits per heavy atom. The number of nitriles is 1. The van der Waals surface area contributed by atoms with E-state index in [-0.39, 0.29) is 6.79 Å². The molecule has 1 N–H and O–H groups in total. The van der Waals surface area contributed by atoms with Crippen LogP contribution in [0.5, 0.6) is 5.75 Å². The first-order chi connectivity index (χ1) is 16.0. The van der Waals surface area contributed by atoms with Crippen molar-refractivity contribution in [1.82, 2.24) is 4.57 Å². The number of rotatable bonds is 9. The number of aryl methyl sites for hydroxylation is 2. The number of hydrogen-bond donors (Lipinski definition) is 1. The highest BCUT2D eigenvalue weighted by Gasteiger charge is 2.23. The average Bonchev–Trinajstić information content (AvgIpc) is 3.08. The summed E-state index contributed by atoms with van der Waals surface area (Å²) in [6, 6.07) is 16.4. The van der Waals surface area contributed by atoms with Gasteiger partial charge in [0.1, 0.15) is 17.4 Å². The number of nitrogens with zero attached hydrogens (tertiary/aromatic N) is 4. The first-order valence-corrected chi connectivity index (χ1v) is 11.1. The molecule has 170 valence electrons. The molecular weight excluding hydrogens is 412 g/mol. The molecule has 0 atom stereocenters. The zero-order valence-electron chi connectivity index (χ0n) is 19.7. The van der Waals surface area contributed by atoms with E-state index in [2.05, 4.69) is 49.1 Å². The Balaban J connectivity index is 1.79. The van der Waals surface area contributed by atoms with Crippen molar-refractivity contribution in [2.45, 2.75) is 13.8 Å². The van der Waals surface area contributed by atoms with Crippen LogP contribution >= 0.6 is 0 Å². The van der Waals surface area contributed by atoms with Gasteiger partial charge in [-0.3, -0.25) is 0 Å². The monoisotopic (exact) mass is 443 g/mol. The lowest BCUT2D eigenvalue weighted by molar-refractivity contribution is -0.648. The first kappa shape index (κ1) is 23.8. The smallest absolute Gasteiger partial charge is 0.300 e. The Morgan fingerprint density at radius 3 is 2.48 bits per heavy atom. The zero-order chi connectivity index (χ0) is 23.8. The maximum absolute atomic E-state index is 9.78. The minimum atomic E-state index is -0.378. The van der Waals surface area contributed by atoms with Crippen molar-refractivity contribution in [3.8, 4) is 11.8 Å². The number of fused-ring (bicyclic) bond motifs is 1. The van der Waals surface area contributed by atoms with Gasteiger partial charge in [-0.2, -0.15) is 5.26 Å². The van der Waals surface area contributed by atoms with Gasteiger partial charge >= 0.3 is 0 Å². The van der Waals surface area contributed by atoms with E-state index in [4.69, 9.17) is 9.84 Å². The quantitative estimate of drug-likeness (QED) is 0.231. The summed E-state index contributed by atoms with van der Waals surface area (Å²) in [5, 5.41) is 18.8. The highest BCUT2D eigenvalue weighted by molar-refractivity contribution is 5.80. The molecule has 0 aliphatic rings. The molecule has 3 aromatic rings. The van der Waals surface area contributed by atoms with Gasteiger partial charge in [0.2, 0.25) is 0 Å². The van der Waals surface area contributed by atoms with Gasteiger partial charge in [-0.1, -0.05) is 36.4 Å². The third kappa shape index (κ3) is 5.33. The minimum Gasteiger partial charge on any atom is -0.468 e. The Labute approximate surface area is 195 Å². The summed E-state index contributed by atoms with van der Waals surface area (Å²) in [5.41, 5.74) is 4.79. The van der Waals surface area contributed by atoms with Crippen LogP contribution in [-0.4, -0.2) is 29.6 Å². The third-order valence-electron chi connectivity index (χ3n) is 5.69. The molecule has 3 rings (SSSR count). The van der Waals surface area contributed by atoms with Crippen LogP contribution < -0.4 is 14.2 Å². The summed E-state index contributed by atoms with van der Waals surface area (Å²) in [6.45, 7) is 5.93. The standard InChI is InChI=1S/C27H31N4O2/c1-5-31(6-2)23-14-12-21(13-15-23)10-8-7-9-11-22(19-28)27-29(3)25-17-16-24(33-20-32)18-26(25)30(27)4/h7-18,32H,5-6,20H2,1-4H3/q+1. The lowest BCUT2D eigenvalue weighted by Crippen LogP contribution is -2.32. The molecule has 2 aromatic carbocycles. The fourth-order valence-corrected chi connectivity index (χ4v) is 3.96. The van der Waals surface area contributed by atoms with Gasteiger partial charge in [0, 0.05) is 24.8 Å². The molecule has 0 amide bonds. The van der Waals surface area contributed by atoms with E-state index in [9.17, 15) is 5.26 Å². The number of imidazole rings is 1. The number of hydrogen-bond acceptors (Lipinski definition) is 4. The van der Waals surface area contributed by atoms with Crippen molar-refractivity contribution in [1.29, 1.82) is 5.26 Å². The molecule has 0 bridgehead atoms. The van der Waals surface area contributed by atoms with Crippen LogP contribution in [0.4, 0.5) is 5.69 Å². The van der Waals surface area contributed by atoms with Crippen LogP contribution in [0.1, 0.15) is 25.2 Å². The lowest BCUT2D eigenvalue weighted by Gasteiger charge is -2.20. The molecule has 0 aliphatic heterocycles. The summed E-state index contributed by atoms with van der Waals surface area (Å²) in [4.78, 5) is 2.31. The van der Waals surface area contributed by atoms with Crippen molar-refractivity contribution in [3.63, 3.8) is 0 Å². The van der Waals surface area contributed by atoms with Gasteiger partial charge in [0.15, 0.2) is 17.8 Å². The van der Waals surface area contributed by atoms with E-state index in [1.165, 1.54) is 5.69 Å². The van der Waals surface area contributed by atoms with Crippen LogP contribution in [0.15, 0.2) is 66.8 Å². The van der Waals surface area contributed by atoms with Crippen molar-refractivity contribution < 1.29 is 14.4 Å². The zero-order valence-corrected chi connectivity index (χ0v) is 19.7. The second-order valence-electron chi connectivity index (χ2n) is 7.57. The van der Waals surface area contributed by atoms with Gasteiger partial charge in [0.05, 0.1) is 14.1 Å².